The molecule has 0 aliphatic carbocycles. The molecule has 2 rings (SSSR count). The number of hydrogen-bond donors (Lipinski definition) is 1. The zero-order valence-electron chi connectivity index (χ0n) is 12.9. The van der Waals surface area contributed by atoms with E-state index in [2.05, 4.69) is 5.10 Å². The van der Waals surface area contributed by atoms with E-state index in [4.69, 9.17) is 5.11 Å². The molecule has 21 heavy (non-hydrogen) atoms. The molecule has 6 nitrogen and oxygen atoms in total. The van der Waals surface area contributed by atoms with Gasteiger partial charge >= 0.3 is 5.97 Å². The topological polar surface area (TPSA) is 75.4 Å². The summed E-state index contributed by atoms with van der Waals surface area (Å²) in [6, 6.07) is 1.83. The molecular formula is C15H23N3O3. The van der Waals surface area contributed by atoms with Gasteiger partial charge in [0, 0.05) is 19.6 Å². The van der Waals surface area contributed by atoms with Crippen LogP contribution in [0.2, 0.25) is 0 Å². The Bertz CT molecular complexity index is 536. The van der Waals surface area contributed by atoms with Crippen LogP contribution in [-0.2, 0) is 11.3 Å². The number of rotatable bonds is 4. The molecule has 0 bridgehead atoms. The molecule has 0 spiro atoms. The highest BCUT2D eigenvalue weighted by Crippen LogP contribution is 2.21. The van der Waals surface area contributed by atoms with E-state index in [1.165, 1.54) is 0 Å². The number of amides is 1. The van der Waals surface area contributed by atoms with E-state index in [-0.39, 0.29) is 11.8 Å². The molecule has 1 aromatic heterocycles. The van der Waals surface area contributed by atoms with Crippen molar-refractivity contribution in [3.63, 3.8) is 0 Å². The summed E-state index contributed by atoms with van der Waals surface area (Å²) in [6.07, 6.45) is 1.38. The van der Waals surface area contributed by atoms with Crippen molar-refractivity contribution in [1.29, 1.82) is 0 Å². The second kappa shape index (κ2) is 6.28. The number of nitrogens with zero attached hydrogens (tertiary/aromatic N) is 3. The number of carboxylic acids is 1. The van der Waals surface area contributed by atoms with Crippen LogP contribution in [0.15, 0.2) is 6.07 Å². The Balaban J connectivity index is 2.21. The van der Waals surface area contributed by atoms with Crippen LogP contribution in [0.1, 0.15) is 55.7 Å². The smallest absolute Gasteiger partial charge is 0.308 e. The molecule has 0 unspecified atom stereocenters. The van der Waals surface area contributed by atoms with Crippen molar-refractivity contribution in [3.8, 4) is 0 Å². The van der Waals surface area contributed by atoms with Crippen molar-refractivity contribution in [2.75, 3.05) is 13.1 Å². The zero-order valence-corrected chi connectivity index (χ0v) is 12.9. The average Bonchev–Trinajstić information content (AvgIpc) is 2.91. The molecule has 1 atom stereocenters. The Morgan fingerprint density at radius 1 is 1.48 bits per heavy atom. The van der Waals surface area contributed by atoms with E-state index < -0.39 is 11.9 Å². The second-order valence-electron chi connectivity index (χ2n) is 5.85. The molecule has 1 aliphatic heterocycles. The van der Waals surface area contributed by atoms with Crippen molar-refractivity contribution in [1.82, 2.24) is 14.7 Å². The Morgan fingerprint density at radius 2 is 2.19 bits per heavy atom. The SMILES string of the molecule is CCn1nc(C(C)C)cc1C(=O)N1CCC[C@@H](C(=O)O)C1. The third-order valence-electron chi connectivity index (χ3n) is 3.97. The van der Waals surface area contributed by atoms with Gasteiger partial charge in [-0.1, -0.05) is 13.8 Å². The van der Waals surface area contributed by atoms with Gasteiger partial charge in [0.25, 0.3) is 5.91 Å². The minimum Gasteiger partial charge on any atom is -0.481 e. The van der Waals surface area contributed by atoms with Gasteiger partial charge in [0.15, 0.2) is 0 Å². The summed E-state index contributed by atoms with van der Waals surface area (Å²) in [5, 5.41) is 13.6. The van der Waals surface area contributed by atoms with Gasteiger partial charge in [0.1, 0.15) is 5.69 Å². The summed E-state index contributed by atoms with van der Waals surface area (Å²) in [5.41, 5.74) is 1.46. The van der Waals surface area contributed by atoms with Gasteiger partial charge in [0.2, 0.25) is 0 Å². The summed E-state index contributed by atoms with van der Waals surface area (Å²) in [4.78, 5) is 25.4. The van der Waals surface area contributed by atoms with Crippen LogP contribution in [0.25, 0.3) is 0 Å². The Labute approximate surface area is 124 Å². The largest absolute Gasteiger partial charge is 0.481 e. The van der Waals surface area contributed by atoms with Crippen LogP contribution in [0, 0.1) is 5.92 Å². The Kier molecular flexibility index (Phi) is 4.65. The molecule has 1 N–H and O–H groups in total. The molecule has 0 aromatic carbocycles. The molecule has 0 radical (unpaired) electrons. The fourth-order valence-corrected chi connectivity index (χ4v) is 2.66. The van der Waals surface area contributed by atoms with Gasteiger partial charge in [0.05, 0.1) is 11.6 Å². The molecular weight excluding hydrogens is 270 g/mol. The highest BCUT2D eigenvalue weighted by molar-refractivity contribution is 5.93. The predicted molar refractivity (Wildman–Crippen MR) is 78.3 cm³/mol. The fraction of sp³-hybridized carbons (Fsp3) is 0.667. The van der Waals surface area contributed by atoms with Crippen LogP contribution in [0.4, 0.5) is 0 Å². The lowest BCUT2D eigenvalue weighted by Gasteiger charge is -2.30. The summed E-state index contributed by atoms with van der Waals surface area (Å²) >= 11 is 0. The minimum atomic E-state index is -0.820. The lowest BCUT2D eigenvalue weighted by molar-refractivity contribution is -0.143. The molecule has 0 saturated carbocycles. The van der Waals surface area contributed by atoms with Crippen LogP contribution in [0.5, 0.6) is 0 Å². The Hall–Kier alpha value is -1.85. The fourth-order valence-electron chi connectivity index (χ4n) is 2.66. The lowest BCUT2D eigenvalue weighted by Crippen LogP contribution is -2.43. The summed E-state index contributed by atoms with van der Waals surface area (Å²) < 4.78 is 1.71. The van der Waals surface area contributed by atoms with Gasteiger partial charge in [-0.2, -0.15) is 5.10 Å². The molecule has 1 aliphatic rings. The van der Waals surface area contributed by atoms with E-state index in [1.54, 1.807) is 9.58 Å². The van der Waals surface area contributed by atoms with Gasteiger partial charge in [-0.05, 0) is 31.7 Å². The number of aryl methyl sites for hydroxylation is 1. The molecule has 1 aromatic rings. The van der Waals surface area contributed by atoms with Crippen LogP contribution in [0.3, 0.4) is 0 Å². The van der Waals surface area contributed by atoms with E-state index in [0.29, 0.717) is 31.7 Å². The molecule has 1 fully saturated rings. The molecule has 6 heteroatoms. The summed E-state index contributed by atoms with van der Waals surface area (Å²) in [6.45, 7) is 7.57. The highest BCUT2D eigenvalue weighted by atomic mass is 16.4. The number of carbonyl (C=O) groups excluding carboxylic acids is 1. The van der Waals surface area contributed by atoms with Crippen molar-refractivity contribution < 1.29 is 14.7 Å². The average molecular weight is 293 g/mol. The van der Waals surface area contributed by atoms with E-state index in [9.17, 15) is 9.59 Å². The first-order valence-corrected chi connectivity index (χ1v) is 7.53. The first-order valence-electron chi connectivity index (χ1n) is 7.53. The molecule has 1 amide bonds. The quantitative estimate of drug-likeness (QED) is 0.920. The third kappa shape index (κ3) is 3.25. The lowest BCUT2D eigenvalue weighted by atomic mass is 9.98. The number of aliphatic carboxylic acids is 1. The first kappa shape index (κ1) is 15.5. The monoisotopic (exact) mass is 293 g/mol. The predicted octanol–water partition coefficient (Wildman–Crippen LogP) is 1.96. The third-order valence-corrected chi connectivity index (χ3v) is 3.97. The molecule has 2 heterocycles. The maximum Gasteiger partial charge on any atom is 0.308 e. The van der Waals surface area contributed by atoms with Crippen LogP contribution in [-0.4, -0.2) is 44.8 Å². The molecule has 1 saturated heterocycles. The number of carbonyl (C=O) groups is 2. The normalized spacial score (nSPS) is 19.0. The number of piperidine rings is 1. The number of aromatic nitrogens is 2. The van der Waals surface area contributed by atoms with Crippen molar-refractivity contribution in [3.05, 3.63) is 17.5 Å². The zero-order chi connectivity index (χ0) is 15.6. The van der Waals surface area contributed by atoms with E-state index >= 15 is 0 Å². The first-order chi connectivity index (χ1) is 9.93. The van der Waals surface area contributed by atoms with Gasteiger partial charge < -0.3 is 10.0 Å². The summed E-state index contributed by atoms with van der Waals surface area (Å²) in [5.74, 6) is -1.12. The van der Waals surface area contributed by atoms with Crippen molar-refractivity contribution in [2.24, 2.45) is 5.92 Å². The van der Waals surface area contributed by atoms with Crippen molar-refractivity contribution >= 4 is 11.9 Å². The maximum atomic E-state index is 12.7. The molecule has 116 valence electrons. The number of carboxylic acid groups (broad SMARTS) is 1. The van der Waals surface area contributed by atoms with Gasteiger partial charge in [-0.25, -0.2) is 0 Å². The second-order valence-corrected chi connectivity index (χ2v) is 5.85. The summed E-state index contributed by atoms with van der Waals surface area (Å²) in [7, 11) is 0. The van der Waals surface area contributed by atoms with Crippen LogP contribution < -0.4 is 0 Å². The minimum absolute atomic E-state index is 0.109. The highest BCUT2D eigenvalue weighted by Gasteiger charge is 2.30. The van der Waals surface area contributed by atoms with Crippen LogP contribution >= 0.6 is 0 Å². The van der Waals surface area contributed by atoms with Gasteiger partial charge in [-0.15, -0.1) is 0 Å². The van der Waals surface area contributed by atoms with Crippen molar-refractivity contribution in [2.45, 2.75) is 46.1 Å². The van der Waals surface area contributed by atoms with E-state index in [0.717, 1.165) is 12.1 Å². The van der Waals surface area contributed by atoms with E-state index in [1.807, 2.05) is 26.8 Å². The van der Waals surface area contributed by atoms with Gasteiger partial charge in [-0.3, -0.25) is 14.3 Å². The Morgan fingerprint density at radius 3 is 2.76 bits per heavy atom. The maximum absolute atomic E-state index is 12.7. The number of likely N-dealkylation sites (tertiary alicyclic amines) is 1. The standard InChI is InChI=1S/C15H23N3O3/c1-4-18-13(8-12(16-18)10(2)3)14(19)17-7-5-6-11(9-17)15(20)21/h8,10-11H,4-7,9H2,1-3H3,(H,20,21)/t11-/m1/s1. The number of hydrogen-bond acceptors (Lipinski definition) is 3.